The lowest BCUT2D eigenvalue weighted by molar-refractivity contribution is -0.706. The number of hydrogen-bond donors (Lipinski definition) is 1. The first kappa shape index (κ1) is 30.9. The van der Waals surface area contributed by atoms with Gasteiger partial charge in [-0.05, 0) is 35.9 Å². The van der Waals surface area contributed by atoms with E-state index in [1.807, 2.05) is 0 Å². The maximum absolute atomic E-state index is 13.4. The number of nitrogens with zero attached hydrogens (tertiary/aromatic N) is 5. The summed E-state index contributed by atoms with van der Waals surface area (Å²) in [6.07, 6.45) is -4.87. The third-order valence-electron chi connectivity index (χ3n) is 5.32. The van der Waals surface area contributed by atoms with Gasteiger partial charge in [0.1, 0.15) is 13.2 Å². The van der Waals surface area contributed by atoms with Gasteiger partial charge in [-0.3, -0.25) is 9.59 Å². The SMILES string of the molecule is CC(=O)OCO/N=[N+](\[O-])N(C)CCOC(=O)Cc1ccc(-c2cc(C(F)(F)F)nn2-c2ccc([SH](=O)=O)cc2)cc1. The summed E-state index contributed by atoms with van der Waals surface area (Å²) in [6.45, 7) is 0.416. The maximum Gasteiger partial charge on any atom is 0.435 e. The van der Waals surface area contributed by atoms with E-state index in [4.69, 9.17) is 4.74 Å². The van der Waals surface area contributed by atoms with E-state index >= 15 is 0 Å². The normalized spacial score (nSPS) is 11.8. The second-order valence-electron chi connectivity index (χ2n) is 8.29. The van der Waals surface area contributed by atoms with E-state index in [0.717, 1.165) is 22.7 Å². The van der Waals surface area contributed by atoms with Gasteiger partial charge in [-0.2, -0.15) is 18.3 Å². The minimum absolute atomic E-state index is 0.00186. The van der Waals surface area contributed by atoms with Crippen molar-refractivity contribution in [3.63, 3.8) is 0 Å². The van der Waals surface area contributed by atoms with Gasteiger partial charge in [0.15, 0.2) is 16.4 Å². The molecule has 0 fully saturated rings. The zero-order valence-corrected chi connectivity index (χ0v) is 22.5. The number of hydrogen-bond acceptors (Lipinski definition) is 10. The number of esters is 2. The van der Waals surface area contributed by atoms with Gasteiger partial charge in [0.05, 0.1) is 34.7 Å². The van der Waals surface area contributed by atoms with Crippen LogP contribution < -0.4 is 0 Å². The van der Waals surface area contributed by atoms with E-state index in [9.17, 15) is 36.4 Å². The molecule has 0 saturated heterocycles. The summed E-state index contributed by atoms with van der Waals surface area (Å²) in [7, 11) is -1.50. The maximum atomic E-state index is 13.4. The largest absolute Gasteiger partial charge is 0.569 e. The van der Waals surface area contributed by atoms with E-state index in [2.05, 4.69) is 20.0 Å². The number of rotatable bonds is 12. The lowest BCUT2D eigenvalue weighted by Gasteiger charge is -2.13. The van der Waals surface area contributed by atoms with Crippen molar-refractivity contribution >= 4 is 22.6 Å². The third-order valence-corrected chi connectivity index (χ3v) is 6.04. The number of ether oxygens (including phenoxy) is 2. The minimum atomic E-state index is -4.72. The first-order valence-electron chi connectivity index (χ1n) is 11.7. The Hall–Kier alpha value is -4.67. The summed E-state index contributed by atoms with van der Waals surface area (Å²) in [6, 6.07) is 12.2. The molecule has 1 heterocycles. The fourth-order valence-corrected chi connectivity index (χ4v) is 3.66. The fourth-order valence-electron chi connectivity index (χ4n) is 3.27. The molecule has 0 atom stereocenters. The predicted octanol–water partition coefficient (Wildman–Crippen LogP) is 2.88. The zero-order valence-electron chi connectivity index (χ0n) is 21.6. The van der Waals surface area contributed by atoms with E-state index in [-0.39, 0.29) is 40.8 Å². The number of hydrazine groups is 1. The molecule has 2 aromatic carbocycles. The van der Waals surface area contributed by atoms with Crippen molar-refractivity contribution in [1.82, 2.24) is 14.8 Å². The lowest BCUT2D eigenvalue weighted by atomic mass is 10.1. The summed E-state index contributed by atoms with van der Waals surface area (Å²) >= 11 is 0. The van der Waals surface area contributed by atoms with E-state index in [1.165, 1.54) is 55.6 Å². The van der Waals surface area contributed by atoms with E-state index in [1.54, 1.807) is 0 Å². The molecule has 0 N–H and O–H groups in total. The molecule has 0 aliphatic carbocycles. The number of benzene rings is 2. The summed E-state index contributed by atoms with van der Waals surface area (Å²) in [4.78, 5) is 27.4. The molecule has 0 aliphatic heterocycles. The van der Waals surface area contributed by atoms with Crippen molar-refractivity contribution in [3.05, 3.63) is 71.1 Å². The van der Waals surface area contributed by atoms with Crippen LogP contribution in [-0.4, -0.2) is 67.1 Å². The lowest BCUT2D eigenvalue weighted by Crippen LogP contribution is -2.30. The average molecular weight is 600 g/mol. The van der Waals surface area contributed by atoms with E-state index in [0.29, 0.717) is 11.1 Å². The monoisotopic (exact) mass is 599 g/mol. The van der Waals surface area contributed by atoms with Crippen molar-refractivity contribution in [2.75, 3.05) is 27.0 Å². The van der Waals surface area contributed by atoms with Crippen LogP contribution in [0.2, 0.25) is 0 Å². The van der Waals surface area contributed by atoms with Crippen LogP contribution in [-0.2, 0) is 47.2 Å². The van der Waals surface area contributed by atoms with Gasteiger partial charge in [0.25, 0.3) is 6.79 Å². The molecule has 3 aromatic rings. The van der Waals surface area contributed by atoms with Crippen LogP contribution in [0.15, 0.2) is 64.8 Å². The van der Waals surface area contributed by atoms with Crippen molar-refractivity contribution < 1.29 is 50.5 Å². The van der Waals surface area contributed by atoms with Crippen LogP contribution in [0.1, 0.15) is 18.2 Å². The predicted molar refractivity (Wildman–Crippen MR) is 134 cm³/mol. The van der Waals surface area contributed by atoms with Crippen LogP contribution >= 0.6 is 0 Å². The molecular formula is C24H24F3N5O8S. The molecule has 0 bridgehead atoms. The highest BCUT2D eigenvalue weighted by Crippen LogP contribution is 2.33. The van der Waals surface area contributed by atoms with E-state index < -0.39 is 41.3 Å². The van der Waals surface area contributed by atoms with Crippen LogP contribution in [0.3, 0.4) is 0 Å². The van der Waals surface area contributed by atoms with Crippen LogP contribution in [0.4, 0.5) is 13.2 Å². The molecule has 13 nitrogen and oxygen atoms in total. The first-order chi connectivity index (χ1) is 19.3. The summed E-state index contributed by atoms with van der Waals surface area (Å²) in [5.41, 5.74) is 0.0508. The Labute approximate surface area is 232 Å². The molecule has 0 saturated carbocycles. The number of alkyl halides is 3. The quantitative estimate of drug-likeness (QED) is 0.0625. The van der Waals surface area contributed by atoms with Gasteiger partial charge in [0.2, 0.25) is 5.28 Å². The van der Waals surface area contributed by atoms with Crippen molar-refractivity contribution in [1.29, 1.82) is 0 Å². The Morgan fingerprint density at radius 2 is 1.76 bits per heavy atom. The third kappa shape index (κ3) is 8.92. The number of aromatic nitrogens is 2. The van der Waals surface area contributed by atoms with Crippen molar-refractivity contribution in [2.24, 2.45) is 5.28 Å². The molecule has 3 rings (SSSR count). The average Bonchev–Trinajstić information content (AvgIpc) is 3.37. The zero-order chi connectivity index (χ0) is 30.2. The molecule has 0 aliphatic rings. The molecule has 1 aromatic heterocycles. The Bertz CT molecular complexity index is 1460. The highest BCUT2D eigenvalue weighted by Gasteiger charge is 2.35. The highest BCUT2D eigenvalue weighted by molar-refractivity contribution is 7.72. The topological polar surface area (TPSA) is 155 Å². The van der Waals surface area contributed by atoms with Crippen molar-refractivity contribution in [2.45, 2.75) is 24.4 Å². The second-order valence-corrected chi connectivity index (χ2v) is 9.32. The fraction of sp³-hybridized carbons (Fsp3) is 0.292. The van der Waals surface area contributed by atoms with Gasteiger partial charge in [-0.15, -0.1) is 5.01 Å². The summed E-state index contributed by atoms with van der Waals surface area (Å²) in [5, 5.41) is 19.5. The molecule has 41 heavy (non-hydrogen) atoms. The number of likely N-dealkylation sites (N-methyl/N-ethyl adjacent to an activating group) is 1. The Morgan fingerprint density at radius 3 is 2.34 bits per heavy atom. The molecule has 17 heteroatoms. The standard InChI is InChI=1S/C24H24F3N5O8S/c1-16(33)39-15-40-29-32(35)30(2)11-12-38-23(34)13-17-3-5-18(6-4-17)21-14-22(24(25,26)27)28-31(21)19-7-9-20(10-8-19)41(36)37/h3-10,14,41H,11-13,15H2,1-2H3/b32-29-. The van der Waals surface area contributed by atoms with Gasteiger partial charge >= 0.3 is 18.1 Å². The number of thiol groups is 1. The molecule has 220 valence electrons. The van der Waals surface area contributed by atoms with Crippen LogP contribution in [0, 0.1) is 5.21 Å². The van der Waals surface area contributed by atoms with Gasteiger partial charge in [0, 0.05) is 12.5 Å². The summed E-state index contributed by atoms with van der Waals surface area (Å²) in [5.74, 6) is -1.23. The van der Waals surface area contributed by atoms with Crippen LogP contribution in [0.5, 0.6) is 0 Å². The number of carbonyl (C=O) groups is 2. The van der Waals surface area contributed by atoms with Gasteiger partial charge in [-0.1, -0.05) is 24.3 Å². The number of halogens is 3. The smallest absolute Gasteiger partial charge is 0.435 e. The second kappa shape index (κ2) is 13.6. The molecule has 0 radical (unpaired) electrons. The Balaban J connectivity index is 1.63. The Morgan fingerprint density at radius 1 is 1.10 bits per heavy atom. The highest BCUT2D eigenvalue weighted by atomic mass is 32.2. The first-order valence-corrected chi connectivity index (χ1v) is 12.8. The van der Waals surface area contributed by atoms with Gasteiger partial charge < -0.3 is 19.5 Å². The molecular weight excluding hydrogens is 575 g/mol. The minimum Gasteiger partial charge on any atom is -0.569 e. The molecule has 0 amide bonds. The number of carbonyl (C=O) groups excluding carboxylic acids is 2. The van der Waals surface area contributed by atoms with Crippen LogP contribution in [0.25, 0.3) is 16.9 Å². The molecule has 0 spiro atoms. The van der Waals surface area contributed by atoms with Crippen molar-refractivity contribution in [3.8, 4) is 16.9 Å². The Kier molecular flexibility index (Phi) is 10.2. The summed E-state index contributed by atoms with van der Waals surface area (Å²) < 4.78 is 73.2. The molecule has 0 unspecified atom stereocenters. The van der Waals surface area contributed by atoms with Gasteiger partial charge in [-0.25, -0.2) is 13.1 Å².